The molecule has 1 heterocycles. The third-order valence-corrected chi connectivity index (χ3v) is 4.26. The molecule has 0 aliphatic carbocycles. The lowest BCUT2D eigenvalue weighted by atomic mass is 10.2. The third kappa shape index (κ3) is 6.48. The van der Waals surface area contributed by atoms with Gasteiger partial charge in [-0.1, -0.05) is 25.0 Å². The van der Waals surface area contributed by atoms with Gasteiger partial charge >= 0.3 is 0 Å². The Morgan fingerprint density at radius 3 is 2.39 bits per heavy atom. The van der Waals surface area contributed by atoms with E-state index in [1.54, 1.807) is 7.11 Å². The predicted molar refractivity (Wildman–Crippen MR) is 96.1 cm³/mol. The maximum Gasteiger partial charge on any atom is 0.191 e. The van der Waals surface area contributed by atoms with Crippen LogP contribution in [0, 0.1) is 0 Å². The first-order chi connectivity index (χ1) is 11.3. The largest absolute Gasteiger partial charge is 0.497 e. The Hall–Kier alpha value is -1.75. The molecule has 0 bridgehead atoms. The van der Waals surface area contributed by atoms with Crippen molar-refractivity contribution in [1.29, 1.82) is 0 Å². The van der Waals surface area contributed by atoms with Gasteiger partial charge in [-0.15, -0.1) is 0 Å². The van der Waals surface area contributed by atoms with Crippen molar-refractivity contribution in [3.8, 4) is 5.75 Å². The van der Waals surface area contributed by atoms with Gasteiger partial charge in [0.15, 0.2) is 5.96 Å². The van der Waals surface area contributed by atoms with Crippen LogP contribution in [0.5, 0.6) is 5.75 Å². The summed E-state index contributed by atoms with van der Waals surface area (Å²) >= 11 is 0. The Bertz CT molecular complexity index is 464. The molecule has 1 saturated heterocycles. The molecule has 0 unspecified atom stereocenters. The monoisotopic (exact) mass is 318 g/mol. The molecule has 0 atom stereocenters. The first kappa shape index (κ1) is 17.6. The van der Waals surface area contributed by atoms with Gasteiger partial charge in [0.25, 0.3) is 0 Å². The summed E-state index contributed by atoms with van der Waals surface area (Å²) in [5.41, 5.74) is 1.21. The maximum atomic E-state index is 5.17. The van der Waals surface area contributed by atoms with Crippen LogP contribution < -0.4 is 15.4 Å². The summed E-state index contributed by atoms with van der Waals surface area (Å²) in [5, 5.41) is 6.76. The number of nitrogens with one attached hydrogen (secondary N) is 2. The summed E-state index contributed by atoms with van der Waals surface area (Å²) in [6.45, 7) is 5.25. The molecule has 5 nitrogen and oxygen atoms in total. The molecule has 5 heteroatoms. The highest BCUT2D eigenvalue weighted by atomic mass is 16.5. The first-order valence-corrected chi connectivity index (χ1v) is 8.61. The summed E-state index contributed by atoms with van der Waals surface area (Å²) < 4.78 is 5.17. The normalized spacial score (nSPS) is 16.7. The molecular formula is C18H30N4O. The Kier molecular flexibility index (Phi) is 7.73. The third-order valence-electron chi connectivity index (χ3n) is 4.26. The van der Waals surface area contributed by atoms with Crippen LogP contribution in [0.3, 0.4) is 0 Å². The first-order valence-electron chi connectivity index (χ1n) is 8.61. The summed E-state index contributed by atoms with van der Waals surface area (Å²) in [5.74, 6) is 1.74. The molecule has 1 aromatic rings. The zero-order chi connectivity index (χ0) is 16.3. The summed E-state index contributed by atoms with van der Waals surface area (Å²) in [4.78, 5) is 6.84. The lowest BCUT2D eigenvalue weighted by Crippen LogP contribution is -2.41. The average molecular weight is 318 g/mol. The molecule has 1 fully saturated rings. The van der Waals surface area contributed by atoms with Crippen molar-refractivity contribution in [2.24, 2.45) is 4.99 Å². The number of likely N-dealkylation sites (tertiary alicyclic amines) is 1. The highest BCUT2D eigenvalue weighted by molar-refractivity contribution is 5.79. The van der Waals surface area contributed by atoms with E-state index in [4.69, 9.17) is 4.74 Å². The van der Waals surface area contributed by atoms with Crippen molar-refractivity contribution in [3.05, 3.63) is 29.8 Å². The van der Waals surface area contributed by atoms with Crippen LogP contribution in [0.15, 0.2) is 29.3 Å². The van der Waals surface area contributed by atoms with Gasteiger partial charge in [-0.25, -0.2) is 0 Å². The van der Waals surface area contributed by atoms with Gasteiger partial charge in [-0.3, -0.25) is 4.99 Å². The van der Waals surface area contributed by atoms with E-state index in [0.717, 1.165) is 31.3 Å². The number of hydrogen-bond donors (Lipinski definition) is 2. The fourth-order valence-corrected chi connectivity index (χ4v) is 2.84. The lowest BCUT2D eigenvalue weighted by molar-refractivity contribution is 0.289. The van der Waals surface area contributed by atoms with E-state index in [-0.39, 0.29) is 0 Å². The number of benzene rings is 1. The van der Waals surface area contributed by atoms with Crippen molar-refractivity contribution >= 4 is 5.96 Å². The minimum atomic E-state index is 0.757. The van der Waals surface area contributed by atoms with Gasteiger partial charge in [0.05, 0.1) is 7.11 Å². The summed E-state index contributed by atoms with van der Waals surface area (Å²) in [6.07, 6.45) is 5.44. The number of rotatable bonds is 6. The van der Waals surface area contributed by atoms with E-state index in [9.17, 15) is 0 Å². The lowest BCUT2D eigenvalue weighted by Gasteiger charge is -2.20. The Labute approximate surface area is 140 Å². The van der Waals surface area contributed by atoms with E-state index in [1.807, 2.05) is 19.2 Å². The van der Waals surface area contributed by atoms with Gasteiger partial charge in [0.2, 0.25) is 0 Å². The van der Waals surface area contributed by atoms with E-state index in [1.165, 1.54) is 44.3 Å². The fraction of sp³-hybridized carbons (Fsp3) is 0.611. The van der Waals surface area contributed by atoms with E-state index < -0.39 is 0 Å². The number of hydrogen-bond acceptors (Lipinski definition) is 3. The number of guanidine groups is 1. The second-order valence-electron chi connectivity index (χ2n) is 5.96. The molecule has 23 heavy (non-hydrogen) atoms. The molecule has 128 valence electrons. The summed E-state index contributed by atoms with van der Waals surface area (Å²) in [7, 11) is 3.50. The van der Waals surface area contributed by atoms with Crippen LogP contribution in [0.2, 0.25) is 0 Å². The van der Waals surface area contributed by atoms with Crippen molar-refractivity contribution in [3.63, 3.8) is 0 Å². The molecule has 1 aliphatic heterocycles. The van der Waals surface area contributed by atoms with Crippen LogP contribution in [-0.4, -0.2) is 51.2 Å². The van der Waals surface area contributed by atoms with E-state index in [0.29, 0.717) is 0 Å². The maximum absolute atomic E-state index is 5.17. The van der Waals surface area contributed by atoms with Gasteiger partial charge in [0, 0.05) is 26.7 Å². The minimum absolute atomic E-state index is 0.757. The van der Waals surface area contributed by atoms with E-state index >= 15 is 0 Å². The predicted octanol–water partition coefficient (Wildman–Crippen LogP) is 2.24. The van der Waals surface area contributed by atoms with Gasteiger partial charge in [0.1, 0.15) is 5.75 Å². The van der Waals surface area contributed by atoms with Crippen molar-refractivity contribution in [2.45, 2.75) is 32.2 Å². The van der Waals surface area contributed by atoms with Gasteiger partial charge in [-0.05, 0) is 43.6 Å². The molecule has 0 radical (unpaired) electrons. The van der Waals surface area contributed by atoms with Crippen LogP contribution >= 0.6 is 0 Å². The average Bonchev–Trinajstić information content (AvgIpc) is 2.87. The van der Waals surface area contributed by atoms with Crippen molar-refractivity contribution < 1.29 is 4.74 Å². The molecule has 0 spiro atoms. The molecule has 2 N–H and O–H groups in total. The Morgan fingerprint density at radius 1 is 1.09 bits per heavy atom. The highest BCUT2D eigenvalue weighted by Gasteiger charge is 2.08. The van der Waals surface area contributed by atoms with Crippen LogP contribution in [0.4, 0.5) is 0 Å². The molecule has 1 aliphatic rings. The SMILES string of the molecule is CN=C(NCCN1CCCCCC1)NCc1ccc(OC)cc1. The zero-order valence-electron chi connectivity index (χ0n) is 14.5. The topological polar surface area (TPSA) is 48.9 Å². The number of nitrogens with zero attached hydrogens (tertiary/aromatic N) is 2. The Morgan fingerprint density at radius 2 is 1.78 bits per heavy atom. The molecular weight excluding hydrogens is 288 g/mol. The fourth-order valence-electron chi connectivity index (χ4n) is 2.84. The zero-order valence-corrected chi connectivity index (χ0v) is 14.5. The van der Waals surface area contributed by atoms with E-state index in [2.05, 4.69) is 32.7 Å². The molecule has 2 rings (SSSR count). The second-order valence-corrected chi connectivity index (χ2v) is 5.96. The number of methoxy groups -OCH3 is 1. The second kappa shape index (κ2) is 10.1. The molecule has 0 saturated carbocycles. The number of ether oxygens (including phenoxy) is 1. The van der Waals surface area contributed by atoms with Crippen molar-refractivity contribution in [1.82, 2.24) is 15.5 Å². The quantitative estimate of drug-likeness (QED) is 0.624. The van der Waals surface area contributed by atoms with Crippen LogP contribution in [-0.2, 0) is 6.54 Å². The molecule has 1 aromatic carbocycles. The Balaban J connectivity index is 1.68. The molecule has 0 aromatic heterocycles. The highest BCUT2D eigenvalue weighted by Crippen LogP contribution is 2.11. The van der Waals surface area contributed by atoms with Crippen molar-refractivity contribution in [2.75, 3.05) is 40.3 Å². The summed E-state index contributed by atoms with van der Waals surface area (Å²) in [6, 6.07) is 8.09. The standard InChI is InChI=1S/C18H30N4O/c1-19-18(20-11-14-22-12-5-3-4-6-13-22)21-15-16-7-9-17(23-2)10-8-16/h7-10H,3-6,11-15H2,1-2H3,(H2,19,20,21). The number of aliphatic imine (C=N–C) groups is 1. The van der Waals surface area contributed by atoms with Crippen LogP contribution in [0.25, 0.3) is 0 Å². The smallest absolute Gasteiger partial charge is 0.191 e. The molecule has 0 amide bonds. The van der Waals surface area contributed by atoms with Crippen LogP contribution in [0.1, 0.15) is 31.2 Å². The van der Waals surface area contributed by atoms with Gasteiger partial charge < -0.3 is 20.3 Å². The minimum Gasteiger partial charge on any atom is -0.497 e. The van der Waals surface area contributed by atoms with Gasteiger partial charge in [-0.2, -0.15) is 0 Å².